The van der Waals surface area contributed by atoms with Crippen molar-refractivity contribution in [3.05, 3.63) is 22.4 Å². The second-order valence-electron chi connectivity index (χ2n) is 3.57. The zero-order valence-electron chi connectivity index (χ0n) is 9.25. The molecule has 0 aliphatic rings. The van der Waals surface area contributed by atoms with Crippen LogP contribution in [-0.4, -0.2) is 25.0 Å². The van der Waals surface area contributed by atoms with Crippen LogP contribution in [0.1, 0.15) is 19.4 Å². The number of nitrogens with one attached hydrogen (secondary N) is 2. The molecule has 1 heterocycles. The molecule has 0 aromatic carbocycles. The fourth-order valence-corrected chi connectivity index (χ4v) is 2.00. The van der Waals surface area contributed by atoms with Crippen LogP contribution in [0.4, 0.5) is 0 Å². The van der Waals surface area contributed by atoms with Crippen LogP contribution in [0.2, 0.25) is 0 Å². The largest absolute Gasteiger partial charge is 0.354 e. The Morgan fingerprint density at radius 1 is 1.60 bits per heavy atom. The van der Waals surface area contributed by atoms with Gasteiger partial charge in [0.15, 0.2) is 0 Å². The Morgan fingerprint density at radius 3 is 3.00 bits per heavy atom. The minimum atomic E-state index is 0.0955. The lowest BCUT2D eigenvalue weighted by atomic mass is 10.2. The van der Waals surface area contributed by atoms with Crippen molar-refractivity contribution >= 4 is 17.2 Å². The van der Waals surface area contributed by atoms with Crippen LogP contribution < -0.4 is 10.6 Å². The summed E-state index contributed by atoms with van der Waals surface area (Å²) in [5, 5.41) is 10.2. The highest BCUT2D eigenvalue weighted by Crippen LogP contribution is 2.06. The van der Waals surface area contributed by atoms with Gasteiger partial charge >= 0.3 is 0 Å². The fourth-order valence-electron chi connectivity index (χ4n) is 1.33. The third-order valence-electron chi connectivity index (χ3n) is 2.10. The quantitative estimate of drug-likeness (QED) is 0.770. The number of hydrogen-bond acceptors (Lipinski definition) is 3. The highest BCUT2D eigenvalue weighted by molar-refractivity contribution is 7.07. The molecular weight excluding hydrogens is 208 g/mol. The molecular formula is C11H18N2OS. The van der Waals surface area contributed by atoms with Gasteiger partial charge in [-0.05, 0) is 35.9 Å². The van der Waals surface area contributed by atoms with Crippen molar-refractivity contribution in [2.75, 3.05) is 13.1 Å². The van der Waals surface area contributed by atoms with Gasteiger partial charge < -0.3 is 10.6 Å². The van der Waals surface area contributed by atoms with Crippen molar-refractivity contribution in [2.24, 2.45) is 0 Å². The molecule has 0 spiro atoms. The second kappa shape index (κ2) is 6.58. The average Bonchev–Trinajstić information content (AvgIpc) is 2.68. The number of hydrogen-bond donors (Lipinski definition) is 2. The number of carbonyl (C=O) groups excluding carboxylic acids is 1. The molecule has 0 saturated heterocycles. The third-order valence-corrected chi connectivity index (χ3v) is 2.83. The van der Waals surface area contributed by atoms with E-state index in [-0.39, 0.29) is 5.91 Å². The summed E-state index contributed by atoms with van der Waals surface area (Å²) in [4.78, 5) is 11.5. The van der Waals surface area contributed by atoms with Gasteiger partial charge in [-0.1, -0.05) is 6.92 Å². The standard InChI is InChI=1S/C11H18N2OS/c1-3-12-9(2)7-13-11(14)6-10-4-5-15-8-10/h4-5,8-9,12H,3,6-7H2,1-2H3,(H,13,14)/t9-/m1/s1. The molecule has 0 bridgehead atoms. The van der Waals surface area contributed by atoms with Gasteiger partial charge in [-0.15, -0.1) is 0 Å². The summed E-state index contributed by atoms with van der Waals surface area (Å²) >= 11 is 1.62. The maximum atomic E-state index is 11.5. The van der Waals surface area contributed by atoms with Crippen molar-refractivity contribution < 1.29 is 4.79 Å². The van der Waals surface area contributed by atoms with E-state index in [2.05, 4.69) is 24.5 Å². The molecule has 84 valence electrons. The Hall–Kier alpha value is -0.870. The molecule has 1 atom stereocenters. The maximum absolute atomic E-state index is 11.5. The van der Waals surface area contributed by atoms with Crippen LogP contribution in [0.15, 0.2) is 16.8 Å². The van der Waals surface area contributed by atoms with E-state index in [1.54, 1.807) is 11.3 Å². The normalized spacial score (nSPS) is 12.4. The van der Waals surface area contributed by atoms with E-state index >= 15 is 0 Å². The Bertz CT molecular complexity index is 285. The van der Waals surface area contributed by atoms with E-state index in [1.807, 2.05) is 16.8 Å². The summed E-state index contributed by atoms with van der Waals surface area (Å²) in [6.45, 7) is 5.75. The van der Waals surface area contributed by atoms with Gasteiger partial charge in [-0.25, -0.2) is 0 Å². The van der Waals surface area contributed by atoms with Crippen LogP contribution in [0.5, 0.6) is 0 Å². The Labute approximate surface area is 94.9 Å². The molecule has 0 aliphatic heterocycles. The minimum absolute atomic E-state index is 0.0955. The number of amides is 1. The monoisotopic (exact) mass is 226 g/mol. The van der Waals surface area contributed by atoms with Gasteiger partial charge in [-0.3, -0.25) is 4.79 Å². The fraction of sp³-hybridized carbons (Fsp3) is 0.545. The number of thiophene rings is 1. The van der Waals surface area contributed by atoms with E-state index in [4.69, 9.17) is 0 Å². The third kappa shape index (κ3) is 4.95. The lowest BCUT2D eigenvalue weighted by molar-refractivity contribution is -0.120. The first-order chi connectivity index (χ1) is 7.22. The molecule has 1 amide bonds. The van der Waals surface area contributed by atoms with Crippen molar-refractivity contribution in [3.63, 3.8) is 0 Å². The highest BCUT2D eigenvalue weighted by atomic mass is 32.1. The zero-order valence-corrected chi connectivity index (χ0v) is 10.1. The summed E-state index contributed by atoms with van der Waals surface area (Å²) in [6.07, 6.45) is 0.488. The Balaban J connectivity index is 2.19. The SMILES string of the molecule is CCN[C@H](C)CNC(=O)Cc1ccsc1. The van der Waals surface area contributed by atoms with Crippen LogP contribution in [0.25, 0.3) is 0 Å². The van der Waals surface area contributed by atoms with Crippen LogP contribution in [-0.2, 0) is 11.2 Å². The van der Waals surface area contributed by atoms with Gasteiger partial charge in [0.2, 0.25) is 5.91 Å². The van der Waals surface area contributed by atoms with E-state index in [0.717, 1.165) is 12.1 Å². The first-order valence-electron chi connectivity index (χ1n) is 5.23. The van der Waals surface area contributed by atoms with Gasteiger partial charge in [-0.2, -0.15) is 11.3 Å². The van der Waals surface area contributed by atoms with Crippen LogP contribution in [0.3, 0.4) is 0 Å². The minimum Gasteiger partial charge on any atom is -0.354 e. The molecule has 3 nitrogen and oxygen atoms in total. The Morgan fingerprint density at radius 2 is 2.40 bits per heavy atom. The highest BCUT2D eigenvalue weighted by Gasteiger charge is 2.05. The predicted octanol–water partition coefficient (Wildman–Crippen LogP) is 1.40. The van der Waals surface area contributed by atoms with Gasteiger partial charge in [0.25, 0.3) is 0 Å². The van der Waals surface area contributed by atoms with Crippen molar-refractivity contribution in [1.82, 2.24) is 10.6 Å². The molecule has 1 aromatic heterocycles. The number of carbonyl (C=O) groups is 1. The lowest BCUT2D eigenvalue weighted by Crippen LogP contribution is -2.39. The molecule has 0 unspecified atom stereocenters. The van der Waals surface area contributed by atoms with Crippen molar-refractivity contribution in [2.45, 2.75) is 26.3 Å². The molecule has 1 aromatic rings. The van der Waals surface area contributed by atoms with Crippen molar-refractivity contribution in [3.8, 4) is 0 Å². The summed E-state index contributed by atoms with van der Waals surface area (Å²) in [7, 11) is 0. The van der Waals surface area contributed by atoms with Gasteiger partial charge in [0.1, 0.15) is 0 Å². The lowest BCUT2D eigenvalue weighted by Gasteiger charge is -2.12. The summed E-state index contributed by atoms with van der Waals surface area (Å²) < 4.78 is 0. The molecule has 0 fully saturated rings. The molecule has 4 heteroatoms. The van der Waals surface area contributed by atoms with E-state index < -0.39 is 0 Å². The number of likely N-dealkylation sites (N-methyl/N-ethyl adjacent to an activating group) is 1. The van der Waals surface area contributed by atoms with Crippen LogP contribution in [0, 0.1) is 0 Å². The second-order valence-corrected chi connectivity index (χ2v) is 4.35. The number of rotatable bonds is 6. The molecule has 0 saturated carbocycles. The molecule has 0 radical (unpaired) electrons. The first kappa shape index (κ1) is 12.2. The van der Waals surface area contributed by atoms with E-state index in [1.165, 1.54) is 0 Å². The maximum Gasteiger partial charge on any atom is 0.224 e. The average molecular weight is 226 g/mol. The summed E-state index contributed by atoms with van der Waals surface area (Å²) in [5.74, 6) is 0.0955. The molecule has 0 aliphatic carbocycles. The van der Waals surface area contributed by atoms with E-state index in [9.17, 15) is 4.79 Å². The Kier molecular flexibility index (Phi) is 5.36. The van der Waals surface area contributed by atoms with E-state index in [0.29, 0.717) is 19.0 Å². The molecule has 2 N–H and O–H groups in total. The first-order valence-corrected chi connectivity index (χ1v) is 6.17. The van der Waals surface area contributed by atoms with Crippen molar-refractivity contribution in [1.29, 1.82) is 0 Å². The molecule has 15 heavy (non-hydrogen) atoms. The smallest absolute Gasteiger partial charge is 0.224 e. The summed E-state index contributed by atoms with van der Waals surface area (Å²) in [5.41, 5.74) is 1.09. The van der Waals surface area contributed by atoms with Crippen LogP contribution >= 0.6 is 11.3 Å². The predicted molar refractivity (Wildman–Crippen MR) is 64.2 cm³/mol. The van der Waals surface area contributed by atoms with Gasteiger partial charge in [0.05, 0.1) is 6.42 Å². The topological polar surface area (TPSA) is 41.1 Å². The molecule has 1 rings (SSSR count). The van der Waals surface area contributed by atoms with Gasteiger partial charge in [0, 0.05) is 12.6 Å². The zero-order chi connectivity index (χ0) is 11.1. The summed E-state index contributed by atoms with van der Waals surface area (Å²) in [6, 6.07) is 2.32.